The molecule has 0 amide bonds. The van der Waals surface area contributed by atoms with E-state index in [1.54, 1.807) is 91.8 Å². The molecule has 13 aromatic rings. The Balaban J connectivity index is 0.000000189. The van der Waals surface area contributed by atoms with Crippen LogP contribution in [-0.2, 0) is 71.6 Å². The van der Waals surface area contributed by atoms with E-state index < -0.39 is 59.8 Å². The van der Waals surface area contributed by atoms with Crippen molar-refractivity contribution in [1.29, 1.82) is 0 Å². The van der Waals surface area contributed by atoms with Crippen molar-refractivity contribution in [2.24, 2.45) is 35.2 Å². The minimum absolute atomic E-state index is 0.0451. The topological polar surface area (TPSA) is 19.4 Å². The Morgan fingerprint density at radius 3 is 0.982 bits per heavy atom. The van der Waals surface area contributed by atoms with E-state index in [2.05, 4.69) is 126 Å². The number of hydrogen-bond donors (Lipinski definition) is 0. The lowest BCUT2D eigenvalue weighted by molar-refractivity contribution is -0.661. The van der Waals surface area contributed by atoms with E-state index in [9.17, 15) is 0 Å². The number of aryl methyl sites for hydroxylation is 20. The quantitative estimate of drug-likeness (QED) is 0.109. The van der Waals surface area contributed by atoms with E-state index in [0.717, 1.165) is 67.0 Å². The molecule has 5 aromatic heterocycles. The standard InChI is InChI=1S/C24H28N.2C23H26N.C18H24N.C17H22N/c1-6-19-14-24(25(5)16-20(19)7-2)23-15-22(17(3)13-18(23)4)21-11-9-8-10-12-21;1-6-19-15-24(5)23(13-16(19)2)22-14-21(17(3)12-18(22)4)20-10-8-7-9-11-20;1-6-19-13-23(24(5)15-18(19)4)22-14-21(16(2)12-17(22)3)20-10-8-7-9-11-20;1-13-7-9-16(14(2)11-13)17-10-8-15(12-19(17)6)18(3,4)5;1-13-8-6-7-9-15(13)16-11-10-14(12-18(16)5)17(2,3)4/h8-16H,6-7H2,1-5H3;2*7-15H,6H2,1-5H3;7-12H,1-6H3;6-12H,1-5H3/q5*+1/i3D3,6D2,7D2;3D3,6D2;2D3,4D3,6D2;1D3;. The van der Waals surface area contributed by atoms with Crippen LogP contribution in [0.3, 0.4) is 0 Å². The van der Waals surface area contributed by atoms with Gasteiger partial charge in [-0.3, -0.25) is 0 Å². The van der Waals surface area contributed by atoms with E-state index in [1.807, 2.05) is 168 Å². The highest BCUT2D eigenvalue weighted by Gasteiger charge is 2.25. The molecule has 0 spiro atoms. The molecular weight excluding hydrogens is 1330 g/mol. The largest absolute Gasteiger partial charge is 0.212 e. The second kappa shape index (κ2) is 36.8. The van der Waals surface area contributed by atoms with E-state index >= 15 is 0 Å². The molecule has 0 aliphatic rings. The lowest BCUT2D eigenvalue weighted by Crippen LogP contribution is -2.33. The van der Waals surface area contributed by atoms with Crippen LogP contribution < -0.4 is 22.8 Å². The smallest absolute Gasteiger partial charge is 0.201 e. The summed E-state index contributed by atoms with van der Waals surface area (Å²) < 4.78 is 193. The zero-order valence-corrected chi connectivity index (χ0v) is 68.3. The van der Waals surface area contributed by atoms with Crippen LogP contribution >= 0.6 is 0 Å². The summed E-state index contributed by atoms with van der Waals surface area (Å²) in [7, 11) is 9.54. The second-order valence-corrected chi connectivity index (χ2v) is 30.5. The number of rotatable bonds is 12. The summed E-state index contributed by atoms with van der Waals surface area (Å²) in [6.45, 7) is 19.3. The number of aromatic nitrogens is 5. The molecule has 0 radical (unpaired) electrons. The first kappa shape index (κ1) is 56.7. The van der Waals surface area contributed by atoms with Crippen LogP contribution in [0.2, 0.25) is 0 Å². The zero-order valence-electron chi connectivity index (χ0n) is 91.3. The molecule has 0 bridgehead atoms. The van der Waals surface area contributed by atoms with Crippen LogP contribution in [0.1, 0.15) is 195 Å². The van der Waals surface area contributed by atoms with Crippen molar-refractivity contribution in [1.82, 2.24) is 0 Å². The fourth-order valence-corrected chi connectivity index (χ4v) is 13.7. The maximum absolute atomic E-state index is 8.29. The fraction of sp³-hybridized carbons (Fsp3) is 0.305. The van der Waals surface area contributed by atoms with Crippen LogP contribution in [0.15, 0.2) is 243 Å². The average Bonchev–Trinajstić information content (AvgIpc) is 0.755. The van der Waals surface area contributed by atoms with E-state index in [-0.39, 0.29) is 44.2 Å². The van der Waals surface area contributed by atoms with Crippen LogP contribution in [0.5, 0.6) is 0 Å². The lowest BCUT2D eigenvalue weighted by Gasteiger charge is -2.17. The molecule has 8 aromatic carbocycles. The van der Waals surface area contributed by atoms with Crippen LogP contribution in [0, 0.1) is 75.8 Å². The third kappa shape index (κ3) is 20.3. The molecule has 0 saturated carbocycles. The highest BCUT2D eigenvalue weighted by atomic mass is 14.9. The summed E-state index contributed by atoms with van der Waals surface area (Å²) in [5.41, 5.74) is 24.5. The molecule has 5 nitrogen and oxygen atoms in total. The summed E-state index contributed by atoms with van der Waals surface area (Å²) in [5, 5.41) is 0. The first-order valence-electron chi connectivity index (χ1n) is 48.9. The Morgan fingerprint density at radius 2 is 0.609 bits per heavy atom. The molecule has 0 atom stereocenters. The summed E-state index contributed by atoms with van der Waals surface area (Å²) in [4.78, 5) is 0. The molecule has 0 fully saturated rings. The van der Waals surface area contributed by atoms with Gasteiger partial charge in [0.2, 0.25) is 28.5 Å². The summed E-state index contributed by atoms with van der Waals surface area (Å²) in [6, 6.07) is 66.6. The van der Waals surface area contributed by atoms with Gasteiger partial charge >= 0.3 is 0 Å². The maximum atomic E-state index is 8.29. The maximum Gasteiger partial charge on any atom is 0.212 e. The van der Waals surface area contributed by atoms with Crippen molar-refractivity contribution in [3.05, 3.63) is 338 Å². The number of nitrogens with zero attached hydrogens (tertiary/aromatic N) is 5. The van der Waals surface area contributed by atoms with Crippen molar-refractivity contribution in [3.63, 3.8) is 0 Å². The zero-order chi connectivity index (χ0) is 99.7. The van der Waals surface area contributed by atoms with Gasteiger partial charge in [0.05, 0.1) is 0 Å². The molecule has 5 heteroatoms. The number of benzene rings is 8. The van der Waals surface area contributed by atoms with Gasteiger partial charge in [-0.05, 0) is 249 Å². The van der Waals surface area contributed by atoms with Gasteiger partial charge in [0.25, 0.3) is 0 Å². The van der Waals surface area contributed by atoms with Crippen LogP contribution in [0.4, 0.5) is 0 Å². The molecule has 5 heterocycles. The predicted octanol–water partition coefficient (Wildman–Crippen LogP) is 24.1. The monoisotopic (exact) mass is 1480 g/mol. The first-order valence-corrected chi connectivity index (χ1v) is 37.4. The Morgan fingerprint density at radius 1 is 0.255 bits per heavy atom. The summed E-state index contributed by atoms with van der Waals surface area (Å²) >= 11 is 0. The normalized spacial score (nSPS) is 15.3. The second-order valence-electron chi connectivity index (χ2n) is 30.5. The minimum atomic E-state index is -2.47. The summed E-state index contributed by atoms with van der Waals surface area (Å²) in [5.74, 6) is 0. The average molecular weight is 1480 g/mol. The number of pyridine rings is 5. The molecule has 110 heavy (non-hydrogen) atoms. The fourth-order valence-electron chi connectivity index (χ4n) is 13.7. The Hall–Kier alpha value is -10.5. The van der Waals surface area contributed by atoms with Gasteiger partial charge in [-0.2, -0.15) is 0 Å². The first-order chi connectivity index (χ1) is 61.0. The van der Waals surface area contributed by atoms with Gasteiger partial charge in [0.15, 0.2) is 31.0 Å². The SMILES string of the molecule is Cc1ccccc1-c1ccc(C(C)(C)C)c[n+]1C.[2H]C([2H])([2H])c1cc(C)c(-c2cc(C([2H])([2H])C)c(C([2H])([2H])C)c[n+]2C)cc1-c1ccccc1.[2H]C([2H])([2H])c1cc(C)c(-c2cc(C([2H])([2H])C)c(C([2H])([2H])[2H])c[n+]2C)cc1-c1ccccc1.[2H]C([2H])([2H])c1cc(C)c(-c2cc(C)c(C([2H])([2H])C)c[n+]2C)cc1-c1ccccc1.[2H]C([2H])([2H])c1ccc(-c2ccc(C(C)(C)C)c[n+]2C)c(C)c1. The highest BCUT2D eigenvalue weighted by molar-refractivity contribution is 5.79. The predicted molar refractivity (Wildman–Crippen MR) is 469 cm³/mol. The van der Waals surface area contributed by atoms with Crippen LogP contribution in [-0.4, -0.2) is 0 Å². The Bertz CT molecular complexity index is 6100. The van der Waals surface area contributed by atoms with Crippen molar-refractivity contribution < 1.29 is 54.4 Å². The van der Waals surface area contributed by atoms with Crippen molar-refractivity contribution >= 4 is 0 Å². The molecule has 0 saturated heterocycles. The Kier molecular flexibility index (Phi) is 19.0. The van der Waals surface area contributed by atoms with Crippen LogP contribution in [0.25, 0.3) is 89.7 Å². The molecular formula is C105H126N5+5. The van der Waals surface area contributed by atoms with Gasteiger partial charge in [-0.15, -0.1) is 0 Å². The van der Waals surface area contributed by atoms with Gasteiger partial charge in [-0.1, -0.05) is 214 Å². The molecule has 0 aliphatic heterocycles. The molecule has 13 rings (SSSR count). The summed E-state index contributed by atoms with van der Waals surface area (Å²) in [6.07, 6.45) is 2.50. The van der Waals surface area contributed by atoms with Gasteiger partial charge in [-0.25, -0.2) is 22.8 Å². The Labute approximate surface area is 695 Å². The van der Waals surface area contributed by atoms with Gasteiger partial charge in [0, 0.05) is 117 Å². The third-order valence-electron chi connectivity index (χ3n) is 20.2. The van der Waals surface area contributed by atoms with E-state index in [4.69, 9.17) is 31.5 Å². The van der Waals surface area contributed by atoms with Crippen molar-refractivity contribution in [3.8, 4) is 89.7 Å². The van der Waals surface area contributed by atoms with Gasteiger partial charge in [0.1, 0.15) is 35.2 Å². The third-order valence-corrected chi connectivity index (χ3v) is 20.2. The number of hydrogen-bond acceptors (Lipinski definition) is 0. The van der Waals surface area contributed by atoms with E-state index in [0.29, 0.717) is 55.9 Å². The molecule has 0 aliphatic carbocycles. The van der Waals surface area contributed by atoms with Crippen molar-refractivity contribution in [2.75, 3.05) is 0 Å². The lowest BCUT2D eigenvalue weighted by atomic mass is 9.88. The van der Waals surface area contributed by atoms with E-state index in [1.165, 1.54) is 54.9 Å². The van der Waals surface area contributed by atoms with Crippen molar-refractivity contribution in [2.45, 2.75) is 181 Å². The highest BCUT2D eigenvalue weighted by Crippen LogP contribution is 2.36. The minimum Gasteiger partial charge on any atom is -0.201 e. The molecule has 566 valence electrons. The molecule has 0 N–H and O–H groups in total. The molecule has 0 unspecified atom stereocenters. The van der Waals surface area contributed by atoms with Gasteiger partial charge < -0.3 is 0 Å².